The second-order valence-electron chi connectivity index (χ2n) is 7.12. The minimum Gasteiger partial charge on any atom is -0.313 e. The molecule has 0 aliphatic rings. The highest BCUT2D eigenvalue weighted by Gasteiger charge is 2.23. The first kappa shape index (κ1) is 37.3. The summed E-state index contributed by atoms with van der Waals surface area (Å²) in [6.07, 6.45) is 0.329. The maximum absolute atomic E-state index is 12.3. The van der Waals surface area contributed by atoms with Gasteiger partial charge in [0.25, 0.3) is 0 Å². The molecule has 2 rings (SSSR count). The molecule has 0 amide bonds. The molecule has 2 aromatic rings. The molecule has 0 aliphatic heterocycles. The quantitative estimate of drug-likeness (QED) is 0.133. The van der Waals surface area contributed by atoms with Gasteiger partial charge in [-0.1, -0.05) is 96.3 Å². The Morgan fingerprint density at radius 1 is 0.622 bits per heavy atom. The zero-order valence-electron chi connectivity index (χ0n) is 22.5. The summed E-state index contributed by atoms with van der Waals surface area (Å²) >= 11 is 10.2. The average molecular weight is 751 g/mol. The monoisotopic (exact) mass is 748 g/mol. The van der Waals surface area contributed by atoms with Crippen molar-refractivity contribution in [1.29, 1.82) is 0 Å². The average Bonchev–Trinajstić information content (AvgIpc) is 2.90. The Morgan fingerprint density at radius 3 is 1.30 bits per heavy atom. The van der Waals surface area contributed by atoms with E-state index >= 15 is 0 Å². The van der Waals surface area contributed by atoms with Crippen LogP contribution >= 0.6 is 64.0 Å². The molecule has 0 saturated heterocycles. The van der Waals surface area contributed by atoms with Gasteiger partial charge in [0.05, 0.1) is 39.2 Å². The summed E-state index contributed by atoms with van der Waals surface area (Å²) in [6.45, 7) is 12.1. The second-order valence-corrected chi connectivity index (χ2v) is 12.1. The van der Waals surface area contributed by atoms with Crippen molar-refractivity contribution >= 4 is 64.0 Å². The molecule has 0 fully saturated rings. The van der Waals surface area contributed by atoms with Crippen LogP contribution in [0.5, 0.6) is 0 Å². The molecule has 0 N–H and O–H groups in total. The lowest BCUT2D eigenvalue weighted by molar-refractivity contribution is 0.176. The van der Waals surface area contributed by atoms with Crippen LogP contribution in [0.25, 0.3) is 0 Å². The van der Waals surface area contributed by atoms with Crippen molar-refractivity contribution in [3.63, 3.8) is 0 Å². The van der Waals surface area contributed by atoms with Gasteiger partial charge in [-0.15, -0.1) is 0 Å². The van der Waals surface area contributed by atoms with Crippen LogP contribution in [0, 0.1) is 0 Å². The molecule has 0 spiro atoms. The number of halogens is 3. The first-order chi connectivity index (χ1) is 17.8. The maximum Gasteiger partial charge on any atom is 0.335 e. The molecule has 0 heterocycles. The van der Waals surface area contributed by atoms with Crippen LogP contribution in [0.15, 0.2) is 48.5 Å². The lowest BCUT2D eigenvalue weighted by atomic mass is 10.2. The Morgan fingerprint density at radius 2 is 0.973 bits per heavy atom. The van der Waals surface area contributed by atoms with Crippen molar-refractivity contribution in [3.05, 3.63) is 70.8 Å². The standard InChI is InChI=1S/C12H18BrO3P.C8H8Br2.C6H15O3P/c1-3-15-17(14,16-4-2)10-12-7-5-6-11(8-12)9-13;9-5-7-2-1-3-8(4-7)6-10;1-4-7-10(8-5-2)9-6-3/h5-8H,3-4,9-10H2,1-2H3;1-4H,5-6H2;4-6H2,1-3H3. The van der Waals surface area contributed by atoms with Crippen LogP contribution in [-0.2, 0) is 49.3 Å². The van der Waals surface area contributed by atoms with Crippen molar-refractivity contribution in [2.75, 3.05) is 33.0 Å². The molecule has 0 aliphatic carbocycles. The molecular formula is C26H41Br3O6P2. The van der Waals surface area contributed by atoms with Crippen LogP contribution in [0.1, 0.15) is 56.9 Å². The third kappa shape index (κ3) is 18.3. The molecule has 0 saturated carbocycles. The van der Waals surface area contributed by atoms with E-state index in [1.54, 1.807) is 0 Å². The summed E-state index contributed by atoms with van der Waals surface area (Å²) in [6, 6.07) is 16.4. The Hall–Kier alpha value is 0.340. The zero-order valence-corrected chi connectivity index (χ0v) is 29.0. The van der Waals surface area contributed by atoms with Crippen molar-refractivity contribution in [2.45, 2.75) is 56.8 Å². The minimum absolute atomic E-state index is 0.329. The van der Waals surface area contributed by atoms with Crippen molar-refractivity contribution in [1.82, 2.24) is 0 Å². The van der Waals surface area contributed by atoms with Gasteiger partial charge in [0.1, 0.15) is 0 Å². The fraction of sp³-hybridized carbons (Fsp3) is 0.538. The Kier molecular flexibility index (Phi) is 24.4. The normalized spacial score (nSPS) is 10.9. The molecule has 0 aromatic heterocycles. The molecule has 2 aromatic carbocycles. The molecule has 0 unspecified atom stereocenters. The van der Waals surface area contributed by atoms with Crippen molar-refractivity contribution < 1.29 is 27.2 Å². The summed E-state index contributed by atoms with van der Waals surface area (Å²) in [5.41, 5.74) is 4.79. The van der Waals surface area contributed by atoms with E-state index in [-0.39, 0.29) is 0 Å². The van der Waals surface area contributed by atoms with Crippen LogP contribution < -0.4 is 0 Å². The molecule has 11 heteroatoms. The van der Waals surface area contributed by atoms with Crippen molar-refractivity contribution in [3.8, 4) is 0 Å². The van der Waals surface area contributed by atoms with Gasteiger partial charge >= 0.3 is 16.2 Å². The lowest BCUT2D eigenvalue weighted by Crippen LogP contribution is -1.99. The highest BCUT2D eigenvalue weighted by molar-refractivity contribution is 9.09. The number of alkyl halides is 3. The van der Waals surface area contributed by atoms with E-state index in [2.05, 4.69) is 72.1 Å². The largest absolute Gasteiger partial charge is 0.335 e. The molecule has 0 radical (unpaired) electrons. The number of rotatable bonds is 15. The molecular weight excluding hydrogens is 710 g/mol. The van der Waals surface area contributed by atoms with E-state index in [0.29, 0.717) is 39.2 Å². The van der Waals surface area contributed by atoms with Gasteiger partial charge in [-0.25, -0.2) is 0 Å². The maximum atomic E-state index is 12.3. The molecule has 212 valence electrons. The summed E-state index contributed by atoms with van der Waals surface area (Å²) in [7, 11) is -4.05. The van der Waals surface area contributed by atoms with E-state index in [1.165, 1.54) is 11.1 Å². The van der Waals surface area contributed by atoms with Crippen molar-refractivity contribution in [2.24, 2.45) is 0 Å². The Bertz CT molecular complexity index is 832. The fourth-order valence-corrected chi connectivity index (χ4v) is 6.37. The van der Waals surface area contributed by atoms with Gasteiger partial charge in [0, 0.05) is 16.0 Å². The lowest BCUT2D eigenvalue weighted by Gasteiger charge is -2.17. The van der Waals surface area contributed by atoms with Gasteiger partial charge in [0.15, 0.2) is 0 Å². The van der Waals surface area contributed by atoms with E-state index in [4.69, 9.17) is 22.6 Å². The Balaban J connectivity index is 0.000000559. The highest BCUT2D eigenvalue weighted by Crippen LogP contribution is 2.51. The third-order valence-corrected chi connectivity index (χ3v) is 9.58. The predicted molar refractivity (Wildman–Crippen MR) is 167 cm³/mol. The zero-order chi connectivity index (χ0) is 27.9. The van der Waals surface area contributed by atoms with E-state index in [9.17, 15) is 4.57 Å². The smallest absolute Gasteiger partial charge is 0.313 e. The molecule has 37 heavy (non-hydrogen) atoms. The number of hydrogen-bond acceptors (Lipinski definition) is 6. The predicted octanol–water partition coefficient (Wildman–Crippen LogP) is 10.1. The van der Waals surface area contributed by atoms with Gasteiger partial charge in [-0.2, -0.15) is 0 Å². The first-order valence-electron chi connectivity index (χ1n) is 12.2. The van der Waals surface area contributed by atoms with Gasteiger partial charge in [0.2, 0.25) is 0 Å². The SMILES string of the molecule is BrCc1cccc(CBr)c1.CCOP(=O)(Cc1cccc(CBr)c1)OCC.CCOP(OCC)OCC. The number of benzene rings is 2. The topological polar surface area (TPSA) is 63.2 Å². The number of hydrogen-bond donors (Lipinski definition) is 0. The van der Waals surface area contributed by atoms with Gasteiger partial charge < -0.3 is 22.6 Å². The molecule has 0 atom stereocenters. The first-order valence-corrected chi connectivity index (χ1v) is 18.4. The summed E-state index contributed by atoms with van der Waals surface area (Å²) in [4.78, 5) is 0. The molecule has 0 bridgehead atoms. The minimum atomic E-state index is -2.99. The van der Waals surface area contributed by atoms with E-state index in [0.717, 1.165) is 27.1 Å². The fourth-order valence-electron chi connectivity index (χ4n) is 2.78. The van der Waals surface area contributed by atoms with Gasteiger partial charge in [-0.3, -0.25) is 4.57 Å². The van der Waals surface area contributed by atoms with Crippen LogP contribution in [0.4, 0.5) is 0 Å². The van der Waals surface area contributed by atoms with Gasteiger partial charge in [-0.05, 0) is 56.9 Å². The van der Waals surface area contributed by atoms with E-state index in [1.807, 2.05) is 58.9 Å². The van der Waals surface area contributed by atoms with E-state index < -0.39 is 16.2 Å². The van der Waals surface area contributed by atoms with Crippen LogP contribution in [0.2, 0.25) is 0 Å². The molecule has 6 nitrogen and oxygen atoms in total. The highest BCUT2D eigenvalue weighted by atomic mass is 79.9. The second kappa shape index (κ2) is 24.2. The van der Waals surface area contributed by atoms with Crippen LogP contribution in [-0.4, -0.2) is 33.0 Å². The third-order valence-electron chi connectivity index (χ3n) is 4.18. The summed E-state index contributed by atoms with van der Waals surface area (Å²) in [5.74, 6) is 0. The Labute approximate surface area is 250 Å². The van der Waals surface area contributed by atoms with Crippen LogP contribution in [0.3, 0.4) is 0 Å². The summed E-state index contributed by atoms with van der Waals surface area (Å²) in [5, 5.41) is 2.66. The summed E-state index contributed by atoms with van der Waals surface area (Å²) < 4.78 is 38.3.